The molecule has 24 heavy (non-hydrogen) atoms. The summed E-state index contributed by atoms with van der Waals surface area (Å²) in [4.78, 5) is 24.9. The van der Waals surface area contributed by atoms with Crippen molar-refractivity contribution in [2.75, 3.05) is 30.9 Å². The smallest absolute Gasteiger partial charge is 0.337 e. The molecular weight excluding hydrogens is 332 g/mol. The Morgan fingerprint density at radius 1 is 1.29 bits per heavy atom. The van der Waals surface area contributed by atoms with E-state index < -0.39 is 16.0 Å². The van der Waals surface area contributed by atoms with E-state index >= 15 is 0 Å². The molecule has 8 heteroatoms. The minimum atomic E-state index is -3.33. The number of carbonyl (C=O) groups is 2. The number of nitrogens with zero attached hydrogens (tertiary/aromatic N) is 1. The lowest BCUT2D eigenvalue weighted by Crippen LogP contribution is -2.38. The highest BCUT2D eigenvalue weighted by Crippen LogP contribution is 2.17. The number of hydrogen-bond donors (Lipinski definition) is 1. The minimum Gasteiger partial charge on any atom is -0.465 e. The number of benzene rings is 1. The molecule has 0 saturated heterocycles. The third-order valence-electron chi connectivity index (χ3n) is 3.38. The van der Waals surface area contributed by atoms with E-state index in [2.05, 4.69) is 9.46 Å². The Labute approximate surface area is 143 Å². The van der Waals surface area contributed by atoms with Gasteiger partial charge in [-0.25, -0.2) is 17.9 Å². The number of hydrogen-bond acceptors (Lipinski definition) is 5. The van der Waals surface area contributed by atoms with Gasteiger partial charge in [-0.15, -0.1) is 0 Å². The number of carbonyl (C=O) groups excluding carboxylic acids is 2. The third-order valence-corrected chi connectivity index (χ3v) is 4.85. The van der Waals surface area contributed by atoms with Crippen molar-refractivity contribution in [1.29, 1.82) is 0 Å². The summed E-state index contributed by atoms with van der Waals surface area (Å²) in [6.45, 7) is 3.58. The van der Waals surface area contributed by atoms with E-state index in [1.54, 1.807) is 24.3 Å². The Balaban J connectivity index is 2.78. The topological polar surface area (TPSA) is 92.8 Å². The van der Waals surface area contributed by atoms with E-state index in [1.165, 1.54) is 18.9 Å². The van der Waals surface area contributed by atoms with Gasteiger partial charge < -0.3 is 9.64 Å². The van der Waals surface area contributed by atoms with Crippen molar-refractivity contribution >= 4 is 27.6 Å². The molecule has 7 nitrogen and oxygen atoms in total. The lowest BCUT2D eigenvalue weighted by Gasteiger charge is -2.22. The summed E-state index contributed by atoms with van der Waals surface area (Å²) < 4.78 is 30.7. The van der Waals surface area contributed by atoms with E-state index in [9.17, 15) is 18.0 Å². The van der Waals surface area contributed by atoms with Crippen LogP contribution in [0.3, 0.4) is 0 Å². The highest BCUT2D eigenvalue weighted by atomic mass is 32.2. The second kappa shape index (κ2) is 9.39. The van der Waals surface area contributed by atoms with Gasteiger partial charge in [0.1, 0.15) is 0 Å². The standard InChI is InChI=1S/C16H24N2O5S/c1-4-5-11-24(21,22)17-9-10-18(13(2)19)15-8-6-7-14(12-15)16(20)23-3/h6-8,12,17H,4-5,9-11H2,1-3H3. The van der Waals surface area contributed by atoms with E-state index in [1.807, 2.05) is 6.92 Å². The molecule has 0 radical (unpaired) electrons. The predicted molar refractivity (Wildman–Crippen MR) is 92.5 cm³/mol. The van der Waals surface area contributed by atoms with Crippen LogP contribution in [0.5, 0.6) is 0 Å². The largest absolute Gasteiger partial charge is 0.465 e. The van der Waals surface area contributed by atoms with E-state index in [4.69, 9.17) is 0 Å². The molecule has 0 aliphatic rings. The van der Waals surface area contributed by atoms with Crippen LogP contribution >= 0.6 is 0 Å². The van der Waals surface area contributed by atoms with Crippen LogP contribution in [0.15, 0.2) is 24.3 Å². The van der Waals surface area contributed by atoms with Gasteiger partial charge in [-0.2, -0.15) is 0 Å². The lowest BCUT2D eigenvalue weighted by atomic mass is 10.2. The summed E-state index contributed by atoms with van der Waals surface area (Å²) in [6, 6.07) is 6.45. The van der Waals surface area contributed by atoms with Crippen molar-refractivity contribution in [2.24, 2.45) is 0 Å². The zero-order valence-electron chi connectivity index (χ0n) is 14.2. The van der Waals surface area contributed by atoms with Crippen LogP contribution < -0.4 is 9.62 Å². The molecule has 1 amide bonds. The van der Waals surface area contributed by atoms with Crippen LogP contribution in [0.4, 0.5) is 5.69 Å². The molecule has 0 atom stereocenters. The molecule has 0 aliphatic carbocycles. The fourth-order valence-electron chi connectivity index (χ4n) is 2.11. The second-order valence-electron chi connectivity index (χ2n) is 5.28. The molecule has 1 aromatic rings. The van der Waals surface area contributed by atoms with Gasteiger partial charge in [-0.3, -0.25) is 4.79 Å². The average molecular weight is 356 g/mol. The first-order chi connectivity index (χ1) is 11.3. The Morgan fingerprint density at radius 2 is 2.00 bits per heavy atom. The maximum atomic E-state index is 11.9. The van der Waals surface area contributed by atoms with Crippen molar-refractivity contribution in [2.45, 2.75) is 26.7 Å². The summed E-state index contributed by atoms with van der Waals surface area (Å²) >= 11 is 0. The summed E-state index contributed by atoms with van der Waals surface area (Å²) in [7, 11) is -2.05. The maximum Gasteiger partial charge on any atom is 0.337 e. The molecule has 0 spiro atoms. The maximum absolute atomic E-state index is 11.9. The fraction of sp³-hybridized carbons (Fsp3) is 0.500. The Kier molecular flexibility index (Phi) is 7.87. The molecule has 1 aromatic carbocycles. The third kappa shape index (κ3) is 6.29. The van der Waals surface area contributed by atoms with E-state index in [-0.39, 0.29) is 24.7 Å². The summed E-state index contributed by atoms with van der Waals surface area (Å²) in [5.74, 6) is -0.674. The predicted octanol–water partition coefficient (Wildman–Crippen LogP) is 1.55. The van der Waals surface area contributed by atoms with Crippen LogP contribution in [-0.2, 0) is 19.6 Å². The number of anilines is 1. The molecular formula is C16H24N2O5S. The SMILES string of the molecule is CCCCS(=O)(=O)NCCN(C(C)=O)c1cccc(C(=O)OC)c1. The normalized spacial score (nSPS) is 11.1. The number of ether oxygens (including phenoxy) is 1. The van der Waals surface area contributed by atoms with Crippen molar-refractivity contribution in [3.05, 3.63) is 29.8 Å². The number of unbranched alkanes of at least 4 members (excludes halogenated alkanes) is 1. The highest BCUT2D eigenvalue weighted by molar-refractivity contribution is 7.89. The molecule has 1 rings (SSSR count). The van der Waals surface area contributed by atoms with Gasteiger partial charge >= 0.3 is 5.97 Å². The molecule has 0 saturated carbocycles. The lowest BCUT2D eigenvalue weighted by molar-refractivity contribution is -0.116. The van der Waals surface area contributed by atoms with E-state index in [0.717, 1.165) is 6.42 Å². The quantitative estimate of drug-likeness (QED) is 0.678. The monoisotopic (exact) mass is 356 g/mol. The summed E-state index contributed by atoms with van der Waals surface area (Å²) in [6.07, 6.45) is 1.38. The fourth-order valence-corrected chi connectivity index (χ4v) is 3.32. The average Bonchev–Trinajstić information content (AvgIpc) is 2.56. The van der Waals surface area contributed by atoms with Crippen LogP contribution in [0.25, 0.3) is 0 Å². The van der Waals surface area contributed by atoms with Gasteiger partial charge in [0, 0.05) is 25.7 Å². The van der Waals surface area contributed by atoms with Crippen molar-refractivity contribution in [3.8, 4) is 0 Å². The van der Waals surface area contributed by atoms with Crippen molar-refractivity contribution in [3.63, 3.8) is 0 Å². The first kappa shape index (κ1) is 20.1. The molecule has 1 N–H and O–H groups in total. The molecule has 0 aromatic heterocycles. The van der Waals surface area contributed by atoms with Gasteiger partial charge in [-0.05, 0) is 24.6 Å². The van der Waals surface area contributed by atoms with Crippen LogP contribution in [0, 0.1) is 0 Å². The Bertz CT molecular complexity index is 673. The van der Waals surface area contributed by atoms with Crippen molar-refractivity contribution < 1.29 is 22.7 Å². The Morgan fingerprint density at radius 3 is 2.58 bits per heavy atom. The van der Waals surface area contributed by atoms with Crippen LogP contribution in [0.2, 0.25) is 0 Å². The van der Waals surface area contributed by atoms with Gasteiger partial charge in [-0.1, -0.05) is 19.4 Å². The number of amides is 1. The molecule has 0 unspecified atom stereocenters. The summed E-state index contributed by atoms with van der Waals surface area (Å²) in [5.41, 5.74) is 0.836. The first-order valence-electron chi connectivity index (χ1n) is 7.74. The van der Waals surface area contributed by atoms with Gasteiger partial charge in [0.15, 0.2) is 0 Å². The molecule has 0 fully saturated rings. The van der Waals surface area contributed by atoms with Gasteiger partial charge in [0.2, 0.25) is 15.9 Å². The first-order valence-corrected chi connectivity index (χ1v) is 9.39. The highest BCUT2D eigenvalue weighted by Gasteiger charge is 2.15. The zero-order chi connectivity index (χ0) is 18.2. The van der Waals surface area contributed by atoms with Gasteiger partial charge in [0.05, 0.1) is 18.4 Å². The van der Waals surface area contributed by atoms with Crippen LogP contribution in [0.1, 0.15) is 37.0 Å². The molecule has 0 aliphatic heterocycles. The zero-order valence-corrected chi connectivity index (χ0v) is 15.1. The van der Waals surface area contributed by atoms with E-state index in [0.29, 0.717) is 17.7 Å². The number of methoxy groups -OCH3 is 1. The van der Waals surface area contributed by atoms with Gasteiger partial charge in [0.25, 0.3) is 0 Å². The van der Waals surface area contributed by atoms with Crippen LogP contribution in [-0.4, -0.2) is 46.2 Å². The molecule has 0 heterocycles. The number of rotatable bonds is 9. The number of nitrogens with one attached hydrogen (secondary N) is 1. The molecule has 134 valence electrons. The summed E-state index contributed by atoms with van der Waals surface area (Å²) in [5, 5.41) is 0. The number of esters is 1. The molecule has 0 bridgehead atoms. The second-order valence-corrected chi connectivity index (χ2v) is 7.21. The minimum absolute atomic E-state index is 0.0708. The number of sulfonamides is 1. The van der Waals surface area contributed by atoms with Crippen molar-refractivity contribution in [1.82, 2.24) is 4.72 Å². The Hall–Kier alpha value is -1.93.